The summed E-state index contributed by atoms with van der Waals surface area (Å²) in [6.07, 6.45) is 1.77. The average molecular weight is 335 g/mol. The number of nitrogens with zero attached hydrogens (tertiary/aromatic N) is 2. The van der Waals surface area contributed by atoms with Crippen LogP contribution in [0.25, 0.3) is 10.2 Å². The van der Waals surface area contributed by atoms with Gasteiger partial charge in [-0.25, -0.2) is 0 Å². The molecule has 0 aliphatic rings. The van der Waals surface area contributed by atoms with Gasteiger partial charge in [-0.05, 0) is 23.6 Å². The van der Waals surface area contributed by atoms with Gasteiger partial charge in [0.1, 0.15) is 0 Å². The van der Waals surface area contributed by atoms with Gasteiger partial charge in [-0.3, -0.25) is 4.79 Å². The van der Waals surface area contributed by atoms with Gasteiger partial charge in [-0.1, -0.05) is 41.1 Å². The molecule has 0 spiro atoms. The maximum absolute atomic E-state index is 12.2. The Kier molecular flexibility index (Phi) is 4.05. The summed E-state index contributed by atoms with van der Waals surface area (Å²) in [6, 6.07) is 9.31. The van der Waals surface area contributed by atoms with Crippen molar-refractivity contribution in [2.45, 2.75) is 6.54 Å². The van der Waals surface area contributed by atoms with Crippen molar-refractivity contribution < 1.29 is 4.79 Å². The summed E-state index contributed by atoms with van der Waals surface area (Å²) in [5.74, 6) is -0.231. The van der Waals surface area contributed by atoms with Crippen LogP contribution in [0.1, 0.15) is 9.67 Å². The Morgan fingerprint density at radius 2 is 2.24 bits per heavy atom. The molecule has 0 atom stereocenters. The number of aromatic nitrogens is 1. The Morgan fingerprint density at radius 3 is 2.95 bits per heavy atom. The fourth-order valence-electron chi connectivity index (χ4n) is 2.01. The third-order valence-electron chi connectivity index (χ3n) is 2.89. The summed E-state index contributed by atoms with van der Waals surface area (Å²) in [7, 11) is 0. The van der Waals surface area contributed by atoms with Crippen LogP contribution in [0, 0.1) is 0 Å². The molecule has 0 bridgehead atoms. The maximum atomic E-state index is 12.2. The van der Waals surface area contributed by atoms with E-state index in [9.17, 15) is 4.79 Å². The quantitative estimate of drug-likeness (QED) is 0.656. The highest BCUT2D eigenvalue weighted by atomic mass is 35.5. The van der Waals surface area contributed by atoms with Crippen molar-refractivity contribution in [2.75, 3.05) is 0 Å². The molecule has 3 nitrogen and oxygen atoms in total. The molecule has 0 aliphatic carbocycles. The smallest absolute Gasteiger partial charge is 0.289 e. The lowest BCUT2D eigenvalue weighted by Gasteiger charge is -2.02. The van der Waals surface area contributed by atoms with Crippen LogP contribution >= 0.6 is 34.3 Å². The minimum absolute atomic E-state index is 0.231. The Morgan fingerprint density at radius 1 is 1.38 bits per heavy atom. The SMILES string of the molecule is C=CCn1c(=NC(=O)c2cccs2)sc2cccc(Cl)c21. The van der Waals surface area contributed by atoms with E-state index in [1.165, 1.54) is 22.7 Å². The van der Waals surface area contributed by atoms with E-state index < -0.39 is 0 Å². The number of carbonyl (C=O) groups is 1. The number of thiophene rings is 1. The molecule has 1 amide bonds. The third kappa shape index (κ3) is 2.72. The molecule has 0 unspecified atom stereocenters. The molecule has 106 valence electrons. The third-order valence-corrected chi connectivity index (χ3v) is 5.10. The van der Waals surface area contributed by atoms with Gasteiger partial charge in [0.05, 0.1) is 20.1 Å². The van der Waals surface area contributed by atoms with Crippen molar-refractivity contribution in [2.24, 2.45) is 4.99 Å². The molecule has 1 aromatic carbocycles. The molecular formula is C15H11ClN2OS2. The maximum Gasteiger partial charge on any atom is 0.289 e. The Bertz CT molecular complexity index is 875. The van der Waals surface area contributed by atoms with Gasteiger partial charge < -0.3 is 4.57 Å². The van der Waals surface area contributed by atoms with Crippen molar-refractivity contribution in [3.63, 3.8) is 0 Å². The second kappa shape index (κ2) is 5.97. The number of thiazole rings is 1. The molecular weight excluding hydrogens is 324 g/mol. The minimum Gasteiger partial charge on any atom is -0.311 e. The molecule has 2 aromatic heterocycles. The van der Waals surface area contributed by atoms with Gasteiger partial charge >= 0.3 is 0 Å². The molecule has 6 heteroatoms. The van der Waals surface area contributed by atoms with Crippen LogP contribution < -0.4 is 4.80 Å². The number of halogens is 1. The highest BCUT2D eigenvalue weighted by molar-refractivity contribution is 7.16. The number of benzene rings is 1. The van der Waals surface area contributed by atoms with Crippen LogP contribution in [-0.2, 0) is 6.54 Å². The number of hydrogen-bond acceptors (Lipinski definition) is 3. The van der Waals surface area contributed by atoms with E-state index in [0.717, 1.165) is 10.2 Å². The van der Waals surface area contributed by atoms with E-state index in [0.29, 0.717) is 21.2 Å². The van der Waals surface area contributed by atoms with Crippen LogP contribution in [0.15, 0.2) is 53.4 Å². The molecule has 0 aliphatic heterocycles. The van der Waals surface area contributed by atoms with Gasteiger partial charge in [0.15, 0.2) is 4.80 Å². The molecule has 21 heavy (non-hydrogen) atoms. The van der Waals surface area contributed by atoms with Gasteiger partial charge in [-0.2, -0.15) is 4.99 Å². The molecule has 0 saturated carbocycles. The number of carbonyl (C=O) groups excluding carboxylic acids is 1. The lowest BCUT2D eigenvalue weighted by atomic mass is 10.3. The van der Waals surface area contributed by atoms with Crippen molar-refractivity contribution >= 4 is 50.4 Å². The standard InChI is InChI=1S/C15H11ClN2OS2/c1-2-8-18-13-10(16)5-3-6-11(13)21-15(18)17-14(19)12-7-4-9-20-12/h2-7,9H,1,8H2. The second-order valence-corrected chi connectivity index (χ2v) is 6.63. The van der Waals surface area contributed by atoms with Crippen molar-refractivity contribution in [3.8, 4) is 0 Å². The summed E-state index contributed by atoms with van der Waals surface area (Å²) >= 11 is 9.11. The molecule has 0 saturated heterocycles. The fourth-order valence-corrected chi connectivity index (χ4v) is 4.02. The predicted octanol–water partition coefficient (Wildman–Crippen LogP) is 4.34. The van der Waals surface area contributed by atoms with Crippen molar-refractivity contribution in [1.82, 2.24) is 4.57 Å². The lowest BCUT2D eigenvalue weighted by Crippen LogP contribution is -2.16. The molecule has 0 radical (unpaired) electrons. The molecule has 3 aromatic rings. The first-order chi connectivity index (χ1) is 10.2. The van der Waals surface area contributed by atoms with Gasteiger partial charge in [-0.15, -0.1) is 17.9 Å². The summed E-state index contributed by atoms with van der Waals surface area (Å²) in [5.41, 5.74) is 0.891. The van der Waals surface area contributed by atoms with E-state index in [-0.39, 0.29) is 5.91 Å². The molecule has 2 heterocycles. The Balaban J connectivity index is 2.22. The normalized spacial score (nSPS) is 12.0. The van der Waals surface area contributed by atoms with Gasteiger partial charge in [0.25, 0.3) is 5.91 Å². The highest BCUT2D eigenvalue weighted by Crippen LogP contribution is 2.25. The lowest BCUT2D eigenvalue weighted by molar-refractivity contribution is 0.100. The van der Waals surface area contributed by atoms with E-state index in [1.54, 1.807) is 12.1 Å². The van der Waals surface area contributed by atoms with E-state index >= 15 is 0 Å². The fraction of sp³-hybridized carbons (Fsp3) is 0.0667. The van der Waals surface area contributed by atoms with E-state index in [1.807, 2.05) is 34.2 Å². The van der Waals surface area contributed by atoms with E-state index in [2.05, 4.69) is 11.6 Å². The Hall–Kier alpha value is -1.69. The summed E-state index contributed by atoms with van der Waals surface area (Å²) < 4.78 is 2.92. The van der Waals surface area contributed by atoms with Gasteiger partial charge in [0.2, 0.25) is 0 Å². The van der Waals surface area contributed by atoms with Crippen LogP contribution in [0.4, 0.5) is 0 Å². The second-order valence-electron chi connectivity index (χ2n) is 4.26. The number of amides is 1. The van der Waals surface area contributed by atoms with Crippen molar-refractivity contribution in [3.05, 3.63) is 63.1 Å². The molecule has 0 N–H and O–H groups in total. The van der Waals surface area contributed by atoms with Crippen LogP contribution in [0.3, 0.4) is 0 Å². The molecule has 0 fully saturated rings. The largest absolute Gasteiger partial charge is 0.311 e. The summed E-state index contributed by atoms with van der Waals surface area (Å²) in [4.78, 5) is 17.7. The van der Waals surface area contributed by atoms with Gasteiger partial charge in [0, 0.05) is 6.54 Å². The highest BCUT2D eigenvalue weighted by Gasteiger charge is 2.11. The van der Waals surface area contributed by atoms with Crippen LogP contribution in [0.2, 0.25) is 5.02 Å². The minimum atomic E-state index is -0.231. The zero-order valence-corrected chi connectivity index (χ0v) is 13.3. The number of fused-ring (bicyclic) bond motifs is 1. The zero-order chi connectivity index (χ0) is 14.8. The zero-order valence-electron chi connectivity index (χ0n) is 11.0. The first-order valence-corrected chi connectivity index (χ1v) is 8.29. The van der Waals surface area contributed by atoms with Crippen molar-refractivity contribution in [1.29, 1.82) is 0 Å². The number of rotatable bonds is 3. The number of hydrogen-bond donors (Lipinski definition) is 0. The monoisotopic (exact) mass is 334 g/mol. The van der Waals surface area contributed by atoms with E-state index in [4.69, 9.17) is 11.6 Å². The Labute approximate surface area is 134 Å². The first-order valence-electron chi connectivity index (χ1n) is 6.22. The first kappa shape index (κ1) is 14.3. The predicted molar refractivity (Wildman–Crippen MR) is 89.2 cm³/mol. The molecule has 3 rings (SSSR count). The topological polar surface area (TPSA) is 34.4 Å². The van der Waals surface area contributed by atoms with Crippen LogP contribution in [0.5, 0.6) is 0 Å². The summed E-state index contributed by atoms with van der Waals surface area (Å²) in [6.45, 7) is 4.31. The number of allylic oxidation sites excluding steroid dienone is 1. The average Bonchev–Trinajstić information content (AvgIpc) is 3.09. The summed E-state index contributed by atoms with van der Waals surface area (Å²) in [5, 5.41) is 2.51. The number of para-hydroxylation sites is 1. The van der Waals surface area contributed by atoms with Crippen LogP contribution in [-0.4, -0.2) is 10.5 Å².